The Morgan fingerprint density at radius 1 is 1.26 bits per heavy atom. The molecule has 0 radical (unpaired) electrons. The number of nitrogens with zero attached hydrogens (tertiary/aromatic N) is 5. The summed E-state index contributed by atoms with van der Waals surface area (Å²) in [5.41, 5.74) is 5.39. The van der Waals surface area contributed by atoms with Gasteiger partial charge in [0, 0.05) is 22.1 Å². The minimum absolute atomic E-state index is 0.00612. The SMILES string of the molecule is C=C(/C=C\C(=C/C)c1cc(Cl)ccc1-n1cnnn1)C(CC1CC1)c1ncc(-c2cccc(C(=O)O)c2)[nH]1. The minimum Gasteiger partial charge on any atom is -0.478 e. The number of carboxylic acid groups (broad SMARTS) is 1. The van der Waals surface area contributed by atoms with Gasteiger partial charge in [0.15, 0.2) is 0 Å². The lowest BCUT2D eigenvalue weighted by molar-refractivity contribution is 0.0697. The molecular formula is C29H27ClN6O2. The van der Waals surface area contributed by atoms with Crippen molar-refractivity contribution in [2.75, 3.05) is 0 Å². The standard InChI is InChI=1S/C29H27ClN6O2/c1-3-20(25-15-23(30)11-12-27(25)36-17-32-34-35-36)10-7-18(2)24(13-19-8-9-19)28-31-16-26(33-28)21-5-4-6-22(14-21)29(37)38/h3-7,10-12,14-17,19,24H,2,8-9,13H2,1H3,(H,31,33)(H,37,38)/b10-7-,20-3+. The van der Waals surface area contributed by atoms with E-state index in [2.05, 4.69) is 32.1 Å². The van der Waals surface area contributed by atoms with E-state index in [9.17, 15) is 9.90 Å². The average Bonchev–Trinajstić information content (AvgIpc) is 3.36. The molecule has 1 unspecified atom stereocenters. The van der Waals surface area contributed by atoms with E-state index in [4.69, 9.17) is 11.6 Å². The summed E-state index contributed by atoms with van der Waals surface area (Å²) in [6.45, 7) is 6.38. The van der Waals surface area contributed by atoms with Gasteiger partial charge in [0.2, 0.25) is 0 Å². The van der Waals surface area contributed by atoms with Crippen LogP contribution in [0, 0.1) is 5.92 Å². The van der Waals surface area contributed by atoms with Gasteiger partial charge in [-0.2, -0.15) is 4.68 Å². The summed E-state index contributed by atoms with van der Waals surface area (Å²) in [6, 6.07) is 12.4. The number of allylic oxidation sites excluding steroid dienone is 5. The van der Waals surface area contributed by atoms with Crippen LogP contribution in [-0.2, 0) is 0 Å². The highest BCUT2D eigenvalue weighted by Gasteiger charge is 2.29. The monoisotopic (exact) mass is 526 g/mol. The Morgan fingerprint density at radius 2 is 2.11 bits per heavy atom. The highest BCUT2D eigenvalue weighted by atomic mass is 35.5. The van der Waals surface area contributed by atoms with Crippen molar-refractivity contribution in [3.63, 3.8) is 0 Å². The first kappa shape index (κ1) is 25.4. The number of rotatable bonds is 10. The second-order valence-corrected chi connectivity index (χ2v) is 9.80. The molecule has 0 aliphatic heterocycles. The van der Waals surface area contributed by atoms with Crippen LogP contribution in [0.1, 0.15) is 53.8 Å². The highest BCUT2D eigenvalue weighted by molar-refractivity contribution is 6.30. The summed E-state index contributed by atoms with van der Waals surface area (Å²) in [5.74, 6) is 0.516. The summed E-state index contributed by atoms with van der Waals surface area (Å²) < 4.78 is 1.61. The van der Waals surface area contributed by atoms with Crippen molar-refractivity contribution in [2.45, 2.75) is 32.1 Å². The first-order valence-corrected chi connectivity index (χ1v) is 12.8. The molecule has 1 aliphatic carbocycles. The number of hydrogen-bond donors (Lipinski definition) is 2. The molecule has 2 heterocycles. The van der Waals surface area contributed by atoms with Gasteiger partial charge in [0.25, 0.3) is 0 Å². The number of benzene rings is 2. The number of tetrazole rings is 1. The average molecular weight is 527 g/mol. The molecule has 0 bridgehead atoms. The third-order valence-electron chi connectivity index (χ3n) is 6.71. The van der Waals surface area contributed by atoms with Crippen molar-refractivity contribution < 1.29 is 9.90 Å². The molecule has 192 valence electrons. The molecule has 2 N–H and O–H groups in total. The van der Waals surface area contributed by atoms with Gasteiger partial charge in [-0.15, -0.1) is 5.10 Å². The first-order chi connectivity index (χ1) is 18.4. The van der Waals surface area contributed by atoms with Gasteiger partial charge >= 0.3 is 5.97 Å². The molecular weight excluding hydrogens is 500 g/mol. The first-order valence-electron chi connectivity index (χ1n) is 12.4. The quantitative estimate of drug-likeness (QED) is 0.228. The number of hydrogen-bond acceptors (Lipinski definition) is 5. The van der Waals surface area contributed by atoms with Crippen LogP contribution in [0.15, 0.2) is 85.4 Å². The fourth-order valence-corrected chi connectivity index (χ4v) is 4.64. The highest BCUT2D eigenvalue weighted by Crippen LogP contribution is 2.41. The van der Waals surface area contributed by atoms with Crippen LogP contribution in [0.25, 0.3) is 22.5 Å². The molecule has 5 rings (SSSR count). The predicted octanol–water partition coefficient (Wildman–Crippen LogP) is 6.50. The fraction of sp³-hybridized carbons (Fsp3) is 0.207. The van der Waals surface area contributed by atoms with Crippen molar-refractivity contribution in [2.24, 2.45) is 5.92 Å². The molecule has 4 aromatic rings. The fourth-order valence-electron chi connectivity index (χ4n) is 4.47. The van der Waals surface area contributed by atoms with Gasteiger partial charge in [0.1, 0.15) is 12.2 Å². The molecule has 9 heteroatoms. The molecule has 0 saturated heterocycles. The summed E-state index contributed by atoms with van der Waals surface area (Å²) in [7, 11) is 0. The number of halogens is 1. The molecule has 38 heavy (non-hydrogen) atoms. The van der Waals surface area contributed by atoms with E-state index in [1.165, 1.54) is 12.8 Å². The number of aromatic nitrogens is 6. The van der Waals surface area contributed by atoms with Crippen LogP contribution in [0.4, 0.5) is 0 Å². The number of H-pyrrole nitrogens is 1. The molecule has 1 saturated carbocycles. The zero-order valence-corrected chi connectivity index (χ0v) is 21.6. The lowest BCUT2D eigenvalue weighted by atomic mass is 9.92. The van der Waals surface area contributed by atoms with Crippen LogP contribution in [0.3, 0.4) is 0 Å². The van der Waals surface area contributed by atoms with E-state index in [1.807, 2.05) is 49.4 Å². The molecule has 0 amide bonds. The largest absolute Gasteiger partial charge is 0.478 e. The van der Waals surface area contributed by atoms with E-state index in [0.29, 0.717) is 10.9 Å². The number of nitrogens with one attached hydrogen (secondary N) is 1. The second-order valence-electron chi connectivity index (χ2n) is 9.37. The van der Waals surface area contributed by atoms with Gasteiger partial charge in [-0.1, -0.05) is 61.4 Å². The lowest BCUT2D eigenvalue weighted by Gasteiger charge is -2.16. The number of imidazole rings is 1. The van der Waals surface area contributed by atoms with Crippen LogP contribution < -0.4 is 0 Å². The summed E-state index contributed by atoms with van der Waals surface area (Å²) in [4.78, 5) is 19.5. The Morgan fingerprint density at radius 3 is 2.82 bits per heavy atom. The zero-order valence-electron chi connectivity index (χ0n) is 20.9. The van der Waals surface area contributed by atoms with Crippen LogP contribution >= 0.6 is 11.6 Å². The maximum absolute atomic E-state index is 11.4. The maximum Gasteiger partial charge on any atom is 0.335 e. The minimum atomic E-state index is -0.959. The normalized spacial score (nSPS) is 14.6. The third kappa shape index (κ3) is 5.65. The molecule has 1 aliphatic rings. The zero-order chi connectivity index (χ0) is 26.6. The van der Waals surface area contributed by atoms with Gasteiger partial charge < -0.3 is 10.1 Å². The summed E-state index contributed by atoms with van der Waals surface area (Å²) in [5, 5.41) is 21.5. The predicted molar refractivity (Wildman–Crippen MR) is 147 cm³/mol. The van der Waals surface area contributed by atoms with Crippen molar-refractivity contribution in [1.82, 2.24) is 30.2 Å². The van der Waals surface area contributed by atoms with Crippen molar-refractivity contribution >= 4 is 23.1 Å². The van der Waals surface area contributed by atoms with Crippen molar-refractivity contribution in [3.8, 4) is 16.9 Å². The smallest absolute Gasteiger partial charge is 0.335 e. The van der Waals surface area contributed by atoms with Crippen LogP contribution in [0.5, 0.6) is 0 Å². The Balaban J connectivity index is 1.42. The molecule has 1 fully saturated rings. The van der Waals surface area contributed by atoms with E-state index in [1.54, 1.807) is 35.4 Å². The van der Waals surface area contributed by atoms with E-state index >= 15 is 0 Å². The van der Waals surface area contributed by atoms with E-state index < -0.39 is 5.97 Å². The number of carbonyl (C=O) groups is 1. The second kappa shape index (κ2) is 11.0. The maximum atomic E-state index is 11.4. The third-order valence-corrected chi connectivity index (χ3v) is 6.95. The number of aromatic amines is 1. The van der Waals surface area contributed by atoms with E-state index in [0.717, 1.165) is 45.9 Å². The Kier molecular flexibility index (Phi) is 7.33. The topological polar surface area (TPSA) is 110 Å². The van der Waals surface area contributed by atoms with Gasteiger partial charge in [-0.05, 0) is 71.2 Å². The molecule has 0 spiro atoms. The van der Waals surface area contributed by atoms with Crippen molar-refractivity contribution in [1.29, 1.82) is 0 Å². The molecule has 8 nitrogen and oxygen atoms in total. The van der Waals surface area contributed by atoms with Crippen LogP contribution in [-0.4, -0.2) is 41.3 Å². The Bertz CT molecular complexity index is 1530. The number of carboxylic acids is 1. The van der Waals surface area contributed by atoms with Gasteiger partial charge in [0.05, 0.1) is 23.1 Å². The molecule has 1 atom stereocenters. The van der Waals surface area contributed by atoms with E-state index in [-0.39, 0.29) is 11.5 Å². The Labute approximate surface area is 225 Å². The number of aromatic carboxylic acids is 1. The Hall–Kier alpha value is -4.30. The molecule has 2 aromatic carbocycles. The summed E-state index contributed by atoms with van der Waals surface area (Å²) in [6.07, 6.45) is 12.7. The van der Waals surface area contributed by atoms with Gasteiger partial charge in [-0.3, -0.25) is 0 Å². The molecule has 2 aromatic heterocycles. The van der Waals surface area contributed by atoms with Crippen molar-refractivity contribution in [3.05, 3.63) is 107 Å². The summed E-state index contributed by atoms with van der Waals surface area (Å²) >= 11 is 6.34. The van der Waals surface area contributed by atoms with Gasteiger partial charge in [-0.25, -0.2) is 9.78 Å². The lowest BCUT2D eigenvalue weighted by Crippen LogP contribution is -2.05. The van der Waals surface area contributed by atoms with Crippen LogP contribution in [0.2, 0.25) is 5.02 Å².